The van der Waals surface area contributed by atoms with Crippen LogP contribution in [0.2, 0.25) is 0 Å². The molecule has 1 aromatic carbocycles. The Hall–Kier alpha value is -1.85. The molecule has 32 heavy (non-hydrogen) atoms. The zero-order valence-corrected chi connectivity index (χ0v) is 19.2. The van der Waals surface area contributed by atoms with Crippen LogP contribution in [0.3, 0.4) is 0 Å². The number of anilines is 1. The fraction of sp³-hybridized carbons (Fsp3) is 0.450. The van der Waals surface area contributed by atoms with Crippen LogP contribution in [0, 0.1) is 0 Å². The molecule has 1 saturated heterocycles. The molecule has 0 aliphatic carbocycles. The van der Waals surface area contributed by atoms with Crippen molar-refractivity contribution in [2.75, 3.05) is 18.5 Å². The van der Waals surface area contributed by atoms with Crippen molar-refractivity contribution < 1.29 is 28.6 Å². The standard InChI is InChI=1S/C20H26N3O7PS/c1-2-3-11-28-31(27,32)29-13-16-15(24)12-18(30-16)23-10-9-17(22-20(23)26)21-19(25)14-7-5-4-6-8-14/h4-10,15-16,18,24H,2-3,11-13H2,1H3,(H,27,32)(H,21,22,25,26)/t15-,16+,18+,31?/m0/s1. The van der Waals surface area contributed by atoms with Crippen molar-refractivity contribution in [3.05, 3.63) is 58.6 Å². The average Bonchev–Trinajstić information content (AvgIpc) is 3.13. The maximum absolute atomic E-state index is 12.5. The van der Waals surface area contributed by atoms with E-state index in [0.29, 0.717) is 5.56 Å². The van der Waals surface area contributed by atoms with Gasteiger partial charge in [-0.05, 0) is 24.6 Å². The maximum Gasteiger partial charge on any atom is 0.351 e. The van der Waals surface area contributed by atoms with Crippen LogP contribution in [0.4, 0.5) is 5.82 Å². The zero-order chi connectivity index (χ0) is 23.1. The van der Waals surface area contributed by atoms with E-state index in [0.717, 1.165) is 12.8 Å². The number of carbonyl (C=O) groups excluding carboxylic acids is 1. The molecule has 1 aromatic heterocycles. The Labute approximate surface area is 191 Å². The van der Waals surface area contributed by atoms with Gasteiger partial charge in [0, 0.05) is 18.2 Å². The fourth-order valence-corrected chi connectivity index (χ4v) is 4.22. The number of aliphatic hydroxyl groups is 1. The van der Waals surface area contributed by atoms with Gasteiger partial charge in [-0.3, -0.25) is 9.36 Å². The number of aromatic nitrogens is 2. The van der Waals surface area contributed by atoms with Crippen LogP contribution < -0.4 is 11.0 Å². The number of nitrogens with one attached hydrogen (secondary N) is 1. The quantitative estimate of drug-likeness (QED) is 0.264. The minimum absolute atomic E-state index is 0.101. The van der Waals surface area contributed by atoms with E-state index in [-0.39, 0.29) is 31.4 Å². The lowest BCUT2D eigenvalue weighted by molar-refractivity contribution is -0.0439. The highest BCUT2D eigenvalue weighted by atomic mass is 32.7. The lowest BCUT2D eigenvalue weighted by atomic mass is 10.2. The second-order valence-electron chi connectivity index (χ2n) is 7.21. The van der Waals surface area contributed by atoms with Crippen LogP contribution >= 0.6 is 7.15 Å². The van der Waals surface area contributed by atoms with Crippen molar-refractivity contribution >= 4 is 31.1 Å². The summed E-state index contributed by atoms with van der Waals surface area (Å²) in [6.07, 6.45) is 0.666. The molecule has 3 rings (SSSR count). The van der Waals surface area contributed by atoms with Crippen molar-refractivity contribution in [3.63, 3.8) is 0 Å². The summed E-state index contributed by atoms with van der Waals surface area (Å²) in [5.74, 6) is -0.287. The number of unbranched alkanes of at least 4 members (excludes halogenated alkanes) is 1. The minimum atomic E-state index is -3.43. The van der Waals surface area contributed by atoms with Crippen molar-refractivity contribution in [1.82, 2.24) is 9.55 Å². The summed E-state index contributed by atoms with van der Waals surface area (Å²) in [6, 6.07) is 10.0. The van der Waals surface area contributed by atoms with E-state index in [4.69, 9.17) is 26.0 Å². The first-order valence-electron chi connectivity index (χ1n) is 10.2. The molecule has 1 amide bonds. The van der Waals surface area contributed by atoms with Gasteiger partial charge in [-0.1, -0.05) is 31.5 Å². The van der Waals surface area contributed by atoms with E-state index in [2.05, 4.69) is 10.3 Å². The van der Waals surface area contributed by atoms with E-state index < -0.39 is 31.3 Å². The highest BCUT2D eigenvalue weighted by Gasteiger charge is 2.38. The Morgan fingerprint density at radius 2 is 2.09 bits per heavy atom. The Morgan fingerprint density at radius 1 is 1.34 bits per heavy atom. The molecule has 3 N–H and O–H groups in total. The molecule has 0 spiro atoms. The molecule has 1 fully saturated rings. The van der Waals surface area contributed by atoms with E-state index >= 15 is 0 Å². The first-order chi connectivity index (χ1) is 15.3. The highest BCUT2D eigenvalue weighted by molar-refractivity contribution is 8.35. The predicted molar refractivity (Wildman–Crippen MR) is 121 cm³/mol. The van der Waals surface area contributed by atoms with Crippen LogP contribution in [-0.2, 0) is 26.0 Å². The molecular formula is C20H26N3O7PS. The molecule has 2 aromatic rings. The summed E-state index contributed by atoms with van der Waals surface area (Å²) >= 11 is 4.94. The van der Waals surface area contributed by atoms with E-state index in [9.17, 15) is 19.6 Å². The Morgan fingerprint density at radius 3 is 2.78 bits per heavy atom. The minimum Gasteiger partial charge on any atom is -0.459 e. The maximum atomic E-state index is 12.5. The Balaban J connectivity index is 1.58. The number of aliphatic hydroxyl groups excluding tert-OH is 1. The van der Waals surface area contributed by atoms with Gasteiger partial charge in [-0.2, -0.15) is 14.0 Å². The van der Waals surface area contributed by atoms with Crippen LogP contribution in [0.15, 0.2) is 47.4 Å². The lowest BCUT2D eigenvalue weighted by Gasteiger charge is -2.23. The predicted octanol–water partition coefficient (Wildman–Crippen LogP) is 2.19. The summed E-state index contributed by atoms with van der Waals surface area (Å²) in [5, 5.41) is 12.8. The molecule has 10 nitrogen and oxygen atoms in total. The summed E-state index contributed by atoms with van der Waals surface area (Å²) in [7, 11) is -3.43. The smallest absolute Gasteiger partial charge is 0.351 e. The summed E-state index contributed by atoms with van der Waals surface area (Å²) < 4.78 is 17.4. The molecule has 1 unspecified atom stereocenters. The molecule has 4 atom stereocenters. The van der Waals surface area contributed by atoms with Gasteiger partial charge in [0.1, 0.15) is 24.8 Å². The number of ether oxygens (including phenoxy) is 1. The van der Waals surface area contributed by atoms with Gasteiger partial charge in [-0.25, -0.2) is 9.69 Å². The largest absolute Gasteiger partial charge is 0.459 e. The SMILES string of the molecule is CCCCO[P+](O)([S-])OC[C@H]1O[C@@H](n2ccc(NC(=O)c3ccccc3)nc2=O)C[C@@H]1O. The summed E-state index contributed by atoms with van der Waals surface area (Å²) in [4.78, 5) is 38.6. The zero-order valence-electron chi connectivity index (χ0n) is 17.5. The summed E-state index contributed by atoms with van der Waals surface area (Å²) in [5.41, 5.74) is -0.211. The monoisotopic (exact) mass is 483 g/mol. The van der Waals surface area contributed by atoms with Crippen LogP contribution in [0.1, 0.15) is 42.8 Å². The fourth-order valence-electron chi connectivity index (χ4n) is 3.04. The van der Waals surface area contributed by atoms with Gasteiger partial charge >= 0.3 is 5.69 Å². The van der Waals surface area contributed by atoms with E-state index in [1.54, 1.807) is 30.3 Å². The number of carbonyl (C=O) groups is 1. The second-order valence-corrected chi connectivity index (χ2v) is 10.0. The third-order valence-electron chi connectivity index (χ3n) is 4.78. The molecule has 174 valence electrons. The molecule has 0 radical (unpaired) electrons. The van der Waals surface area contributed by atoms with Gasteiger partial charge in [0.05, 0.1) is 12.7 Å². The third-order valence-corrected chi connectivity index (χ3v) is 6.39. The van der Waals surface area contributed by atoms with Crippen LogP contribution in [-0.4, -0.2) is 50.9 Å². The number of benzene rings is 1. The topological polar surface area (TPSA) is 132 Å². The highest BCUT2D eigenvalue weighted by Crippen LogP contribution is 2.55. The van der Waals surface area contributed by atoms with Crippen LogP contribution in [0.5, 0.6) is 0 Å². The molecule has 2 heterocycles. The number of nitrogens with zero attached hydrogens (tertiary/aromatic N) is 2. The summed E-state index contributed by atoms with van der Waals surface area (Å²) in [6.45, 7) is 2.09. The van der Waals surface area contributed by atoms with Crippen molar-refractivity contribution in [1.29, 1.82) is 0 Å². The van der Waals surface area contributed by atoms with Gasteiger partial charge < -0.3 is 27.4 Å². The Bertz CT molecular complexity index is 960. The average molecular weight is 483 g/mol. The molecule has 1 aliphatic heterocycles. The van der Waals surface area contributed by atoms with Crippen molar-refractivity contribution in [2.24, 2.45) is 0 Å². The first kappa shape index (κ1) is 24.8. The number of hydrogen-bond acceptors (Lipinski definition) is 9. The number of hydrogen-bond donors (Lipinski definition) is 3. The van der Waals surface area contributed by atoms with Crippen molar-refractivity contribution in [3.8, 4) is 0 Å². The van der Waals surface area contributed by atoms with Gasteiger partial charge in [0.15, 0.2) is 0 Å². The second kappa shape index (κ2) is 11.3. The first-order valence-corrected chi connectivity index (χ1v) is 12.8. The third kappa shape index (κ3) is 6.82. The van der Waals surface area contributed by atoms with E-state index in [1.807, 2.05) is 6.92 Å². The van der Waals surface area contributed by atoms with Gasteiger partial charge in [0.25, 0.3) is 13.1 Å². The molecule has 0 saturated carbocycles. The van der Waals surface area contributed by atoms with Gasteiger partial charge in [0.2, 0.25) is 0 Å². The van der Waals surface area contributed by atoms with Gasteiger partial charge in [-0.15, -0.1) is 0 Å². The Kier molecular flexibility index (Phi) is 8.78. The van der Waals surface area contributed by atoms with E-state index in [1.165, 1.54) is 16.8 Å². The normalized spacial score (nSPS) is 22.4. The van der Waals surface area contributed by atoms with Crippen molar-refractivity contribution in [2.45, 2.75) is 44.6 Å². The van der Waals surface area contributed by atoms with Crippen LogP contribution in [0.25, 0.3) is 0 Å². The number of amides is 1. The molecule has 1 aliphatic rings. The molecule has 0 bridgehead atoms. The lowest BCUT2D eigenvalue weighted by Crippen LogP contribution is -2.29. The number of rotatable bonds is 10. The molecular weight excluding hydrogens is 457 g/mol. The molecule has 12 heteroatoms.